The Kier molecular flexibility index (Phi) is 4.97. The number of Topliss-reactive ketones (excluding diaryl/α,β-unsaturated/α-hetero) is 1. The molecule has 0 spiro atoms. The Hall–Kier alpha value is -2.50. The minimum Gasteiger partial charge on any atom is -0.494 e. The number of carbonyl (C=O) groups excluding carboxylic acids is 1. The number of aromatic nitrogens is 1. The smallest absolute Gasteiger partial charge is 0.200 e. The van der Waals surface area contributed by atoms with Crippen LogP contribution in [-0.4, -0.2) is 29.0 Å². The Balaban J connectivity index is 1.99. The second-order valence-corrected chi connectivity index (χ2v) is 6.20. The molecule has 1 heterocycles. The van der Waals surface area contributed by atoms with Crippen molar-refractivity contribution in [2.24, 2.45) is 5.73 Å². The Bertz CT molecular complexity index is 917. The summed E-state index contributed by atoms with van der Waals surface area (Å²) in [6.07, 6.45) is 0.801. The predicted molar refractivity (Wildman–Crippen MR) is 99.6 cm³/mol. The highest BCUT2D eigenvalue weighted by Crippen LogP contribution is 2.36. The van der Waals surface area contributed by atoms with E-state index in [0.29, 0.717) is 29.1 Å². The van der Waals surface area contributed by atoms with Gasteiger partial charge in [-0.1, -0.05) is 23.7 Å². The van der Waals surface area contributed by atoms with Gasteiger partial charge in [-0.25, -0.2) is 0 Å². The van der Waals surface area contributed by atoms with Crippen molar-refractivity contribution in [3.05, 3.63) is 47.0 Å². The molecule has 3 rings (SSSR count). The number of hydrogen-bond acceptors (Lipinski definition) is 4. The zero-order valence-electron chi connectivity index (χ0n) is 13.8. The predicted octanol–water partition coefficient (Wildman–Crippen LogP) is 4.12. The van der Waals surface area contributed by atoms with Gasteiger partial charge in [0.2, 0.25) is 5.88 Å². The summed E-state index contributed by atoms with van der Waals surface area (Å²) in [5, 5.41) is 11.1. The number of ketones is 1. The van der Waals surface area contributed by atoms with Crippen molar-refractivity contribution >= 4 is 28.3 Å². The number of carbonyl (C=O) groups is 1. The van der Waals surface area contributed by atoms with Crippen molar-refractivity contribution in [3.63, 3.8) is 0 Å². The lowest BCUT2D eigenvalue weighted by Crippen LogP contribution is -2.05. The topological polar surface area (TPSA) is 88.3 Å². The van der Waals surface area contributed by atoms with Crippen LogP contribution in [0.3, 0.4) is 0 Å². The summed E-state index contributed by atoms with van der Waals surface area (Å²) in [6.45, 7) is 2.59. The van der Waals surface area contributed by atoms with Crippen LogP contribution in [0.15, 0.2) is 36.4 Å². The molecule has 2 aromatic carbocycles. The second-order valence-electron chi connectivity index (χ2n) is 5.80. The number of aromatic hydroxyl groups is 1. The fraction of sp³-hybridized carbons (Fsp3) is 0.211. The lowest BCUT2D eigenvalue weighted by Gasteiger charge is -2.09. The van der Waals surface area contributed by atoms with E-state index in [1.54, 1.807) is 6.07 Å². The molecule has 5 nitrogen and oxygen atoms in total. The molecule has 4 N–H and O–H groups in total. The third kappa shape index (κ3) is 3.48. The van der Waals surface area contributed by atoms with Gasteiger partial charge in [-0.3, -0.25) is 4.79 Å². The lowest BCUT2D eigenvalue weighted by atomic mass is 10.0. The summed E-state index contributed by atoms with van der Waals surface area (Å²) in [6, 6.07) is 11.1. The summed E-state index contributed by atoms with van der Waals surface area (Å²) in [5.41, 5.74) is 8.03. The molecule has 0 bridgehead atoms. The lowest BCUT2D eigenvalue weighted by molar-refractivity contribution is 0.101. The summed E-state index contributed by atoms with van der Waals surface area (Å²) in [4.78, 5) is 14.6. The number of rotatable bonds is 6. The Labute approximate surface area is 150 Å². The van der Waals surface area contributed by atoms with Crippen LogP contribution in [0.4, 0.5) is 0 Å². The number of H-pyrrole nitrogens is 1. The zero-order valence-corrected chi connectivity index (χ0v) is 14.6. The molecule has 1 aromatic heterocycles. The highest BCUT2D eigenvalue weighted by Gasteiger charge is 2.17. The first-order valence-electron chi connectivity index (χ1n) is 7.99. The highest BCUT2D eigenvalue weighted by molar-refractivity contribution is 6.34. The molecule has 0 amide bonds. The molecule has 0 aliphatic rings. The van der Waals surface area contributed by atoms with Gasteiger partial charge in [0, 0.05) is 10.9 Å². The average Bonchev–Trinajstić information content (AvgIpc) is 2.90. The van der Waals surface area contributed by atoms with Gasteiger partial charge in [0.1, 0.15) is 5.75 Å². The van der Waals surface area contributed by atoms with Crippen molar-refractivity contribution in [1.29, 1.82) is 0 Å². The summed E-state index contributed by atoms with van der Waals surface area (Å²) < 4.78 is 5.60. The fourth-order valence-corrected chi connectivity index (χ4v) is 3.06. The maximum atomic E-state index is 11.8. The van der Waals surface area contributed by atoms with E-state index in [2.05, 4.69) is 4.98 Å². The van der Waals surface area contributed by atoms with Gasteiger partial charge < -0.3 is 20.6 Å². The van der Waals surface area contributed by atoms with E-state index in [1.807, 2.05) is 30.3 Å². The number of aromatic amines is 1. The van der Waals surface area contributed by atoms with Crippen LogP contribution in [0, 0.1) is 0 Å². The van der Waals surface area contributed by atoms with Crippen LogP contribution in [0.2, 0.25) is 5.02 Å². The summed E-state index contributed by atoms with van der Waals surface area (Å²) >= 11 is 6.39. The molecule has 3 aromatic rings. The molecular formula is C19H19ClN2O3. The number of ether oxygens (including phenoxy) is 1. The van der Waals surface area contributed by atoms with E-state index < -0.39 is 0 Å². The molecule has 0 atom stereocenters. The van der Waals surface area contributed by atoms with Crippen LogP contribution >= 0.6 is 11.6 Å². The molecule has 0 aliphatic heterocycles. The Morgan fingerprint density at radius 2 is 2.00 bits per heavy atom. The van der Waals surface area contributed by atoms with Gasteiger partial charge in [-0.05, 0) is 49.7 Å². The molecule has 0 unspecified atom stereocenters. The van der Waals surface area contributed by atoms with Gasteiger partial charge >= 0.3 is 0 Å². The molecule has 0 fully saturated rings. The molecule has 0 saturated heterocycles. The Morgan fingerprint density at radius 1 is 1.28 bits per heavy atom. The van der Waals surface area contributed by atoms with Gasteiger partial charge in [0.15, 0.2) is 5.78 Å². The second kappa shape index (κ2) is 7.17. The maximum absolute atomic E-state index is 11.8. The first kappa shape index (κ1) is 17.3. The molecule has 0 saturated carbocycles. The SMILES string of the molecule is CC(=O)c1c(O)[nH]c2cc(Cl)c(-c3ccc(OCCCN)cc3)cc12. The average molecular weight is 359 g/mol. The maximum Gasteiger partial charge on any atom is 0.200 e. The molecular weight excluding hydrogens is 340 g/mol. The van der Waals surface area contributed by atoms with Crippen LogP contribution in [0.1, 0.15) is 23.7 Å². The van der Waals surface area contributed by atoms with Crippen LogP contribution in [-0.2, 0) is 0 Å². The molecule has 0 aliphatic carbocycles. The third-order valence-electron chi connectivity index (χ3n) is 4.00. The van der Waals surface area contributed by atoms with Gasteiger partial charge in [-0.2, -0.15) is 0 Å². The summed E-state index contributed by atoms with van der Waals surface area (Å²) in [5.74, 6) is 0.415. The largest absolute Gasteiger partial charge is 0.494 e. The number of hydrogen-bond donors (Lipinski definition) is 3. The van der Waals surface area contributed by atoms with Crippen molar-refractivity contribution < 1.29 is 14.6 Å². The van der Waals surface area contributed by atoms with E-state index in [0.717, 1.165) is 23.3 Å². The Morgan fingerprint density at radius 3 is 2.64 bits per heavy atom. The van der Waals surface area contributed by atoms with Crippen molar-refractivity contribution in [2.45, 2.75) is 13.3 Å². The van der Waals surface area contributed by atoms with E-state index in [1.165, 1.54) is 6.92 Å². The monoisotopic (exact) mass is 358 g/mol. The quantitative estimate of drug-likeness (QED) is 0.456. The molecule has 130 valence electrons. The van der Waals surface area contributed by atoms with Crippen molar-refractivity contribution in [3.8, 4) is 22.8 Å². The van der Waals surface area contributed by atoms with Gasteiger partial charge in [0.05, 0.1) is 22.7 Å². The molecule has 0 radical (unpaired) electrons. The van der Waals surface area contributed by atoms with Gasteiger partial charge in [0.25, 0.3) is 0 Å². The minimum atomic E-state index is -0.208. The normalized spacial score (nSPS) is 11.0. The molecule has 25 heavy (non-hydrogen) atoms. The van der Waals surface area contributed by atoms with Crippen LogP contribution < -0.4 is 10.5 Å². The first-order chi connectivity index (χ1) is 12.0. The van der Waals surface area contributed by atoms with E-state index in [9.17, 15) is 9.90 Å². The number of nitrogens with one attached hydrogen (secondary N) is 1. The zero-order chi connectivity index (χ0) is 18.0. The number of benzene rings is 2. The highest BCUT2D eigenvalue weighted by atomic mass is 35.5. The van der Waals surface area contributed by atoms with Crippen molar-refractivity contribution in [2.75, 3.05) is 13.2 Å². The van der Waals surface area contributed by atoms with E-state index in [4.69, 9.17) is 22.1 Å². The standard InChI is InChI=1S/C19H19ClN2O3/c1-11(23)18-15-9-14(16(20)10-17(15)22-19(18)24)12-3-5-13(6-4-12)25-8-2-7-21/h3-6,9-10,22,24H,2,7-8,21H2,1H3. The molecule has 6 heteroatoms. The number of halogens is 1. The van der Waals surface area contributed by atoms with E-state index >= 15 is 0 Å². The van der Waals surface area contributed by atoms with Crippen LogP contribution in [0.5, 0.6) is 11.6 Å². The minimum absolute atomic E-state index is 0.139. The number of nitrogens with two attached hydrogens (primary N) is 1. The fourth-order valence-electron chi connectivity index (χ4n) is 2.78. The van der Waals surface area contributed by atoms with Gasteiger partial charge in [-0.15, -0.1) is 0 Å². The first-order valence-corrected chi connectivity index (χ1v) is 8.37. The number of fused-ring (bicyclic) bond motifs is 1. The van der Waals surface area contributed by atoms with E-state index in [-0.39, 0.29) is 17.2 Å². The van der Waals surface area contributed by atoms with Crippen LogP contribution in [0.25, 0.3) is 22.0 Å². The summed E-state index contributed by atoms with van der Waals surface area (Å²) in [7, 11) is 0. The third-order valence-corrected chi connectivity index (χ3v) is 4.31. The van der Waals surface area contributed by atoms with Crippen molar-refractivity contribution in [1.82, 2.24) is 4.98 Å².